The van der Waals surface area contributed by atoms with Gasteiger partial charge >= 0.3 is 6.03 Å². The fourth-order valence-corrected chi connectivity index (χ4v) is 2.73. The van der Waals surface area contributed by atoms with E-state index in [0.29, 0.717) is 62.6 Å². The average Bonchev–Trinajstić information content (AvgIpc) is 2.79. The van der Waals surface area contributed by atoms with Gasteiger partial charge in [0.1, 0.15) is 0 Å². The predicted octanol–water partition coefficient (Wildman–Crippen LogP) is 2.04. The molecule has 0 atom stereocenters. The van der Waals surface area contributed by atoms with Gasteiger partial charge in [0.25, 0.3) is 0 Å². The molecule has 0 spiro atoms. The Morgan fingerprint density at radius 3 is 2.77 bits per heavy atom. The van der Waals surface area contributed by atoms with Gasteiger partial charge in [0.05, 0.1) is 31.5 Å². The number of carbonyl (C=O) groups excluding carboxylic acids is 1. The van der Waals surface area contributed by atoms with Crippen molar-refractivity contribution in [1.29, 1.82) is 0 Å². The zero-order valence-electron chi connectivity index (χ0n) is 12.3. The zero-order valence-corrected chi connectivity index (χ0v) is 13.0. The van der Waals surface area contributed by atoms with Crippen molar-refractivity contribution >= 4 is 17.6 Å². The Balaban J connectivity index is 1.64. The number of fused-ring (bicyclic) bond motifs is 1. The first-order valence-corrected chi connectivity index (χ1v) is 7.80. The summed E-state index contributed by atoms with van der Waals surface area (Å²) in [4.78, 5) is 13.8. The van der Waals surface area contributed by atoms with Crippen LogP contribution in [0.25, 0.3) is 0 Å². The Labute approximate surface area is 134 Å². The molecule has 1 N–H and O–H groups in total. The van der Waals surface area contributed by atoms with Crippen molar-refractivity contribution in [2.45, 2.75) is 13.0 Å². The molecule has 0 bridgehead atoms. The summed E-state index contributed by atoms with van der Waals surface area (Å²) < 4.78 is 16.5. The molecule has 3 rings (SSSR count). The molecule has 1 saturated heterocycles. The van der Waals surface area contributed by atoms with Gasteiger partial charge in [-0.25, -0.2) is 4.79 Å². The predicted molar refractivity (Wildman–Crippen MR) is 81.7 cm³/mol. The highest BCUT2D eigenvalue weighted by molar-refractivity contribution is 6.32. The molecule has 120 valence electrons. The largest absolute Gasteiger partial charge is 0.489 e. The molecule has 2 aliphatic rings. The SMILES string of the molecule is O=C(NCc1cc(Cl)c2c(c1)OCCCO2)N1CCOCC1. The van der Waals surface area contributed by atoms with Crippen LogP contribution in [0, 0.1) is 0 Å². The lowest BCUT2D eigenvalue weighted by Gasteiger charge is -2.27. The van der Waals surface area contributed by atoms with Crippen LogP contribution >= 0.6 is 11.6 Å². The third kappa shape index (κ3) is 3.56. The smallest absolute Gasteiger partial charge is 0.317 e. The van der Waals surface area contributed by atoms with Crippen molar-refractivity contribution < 1.29 is 19.0 Å². The Morgan fingerprint density at radius 2 is 1.95 bits per heavy atom. The maximum Gasteiger partial charge on any atom is 0.317 e. The zero-order chi connectivity index (χ0) is 15.4. The minimum atomic E-state index is -0.0912. The fraction of sp³-hybridized carbons (Fsp3) is 0.533. The van der Waals surface area contributed by atoms with Crippen molar-refractivity contribution in [3.05, 3.63) is 22.7 Å². The summed E-state index contributed by atoms with van der Waals surface area (Å²) in [5, 5.41) is 3.40. The van der Waals surface area contributed by atoms with E-state index >= 15 is 0 Å². The quantitative estimate of drug-likeness (QED) is 0.903. The maximum absolute atomic E-state index is 12.1. The van der Waals surface area contributed by atoms with E-state index in [0.717, 1.165) is 12.0 Å². The number of rotatable bonds is 2. The number of hydrogen-bond donors (Lipinski definition) is 1. The van der Waals surface area contributed by atoms with Gasteiger partial charge in [-0.1, -0.05) is 11.6 Å². The summed E-state index contributed by atoms with van der Waals surface area (Å²) >= 11 is 6.24. The lowest BCUT2D eigenvalue weighted by molar-refractivity contribution is 0.0531. The van der Waals surface area contributed by atoms with Crippen LogP contribution in [-0.2, 0) is 11.3 Å². The van der Waals surface area contributed by atoms with Crippen molar-refractivity contribution in [2.75, 3.05) is 39.5 Å². The van der Waals surface area contributed by atoms with Crippen LogP contribution in [0.2, 0.25) is 5.02 Å². The van der Waals surface area contributed by atoms with Crippen LogP contribution in [-0.4, -0.2) is 50.4 Å². The van der Waals surface area contributed by atoms with Gasteiger partial charge in [-0.15, -0.1) is 0 Å². The van der Waals surface area contributed by atoms with Gasteiger partial charge < -0.3 is 24.4 Å². The summed E-state index contributed by atoms with van der Waals surface area (Å²) in [5.74, 6) is 1.23. The van der Waals surface area contributed by atoms with E-state index in [-0.39, 0.29) is 6.03 Å². The number of urea groups is 1. The second-order valence-electron chi connectivity index (χ2n) is 5.21. The van der Waals surface area contributed by atoms with E-state index in [1.165, 1.54) is 0 Å². The fourth-order valence-electron chi connectivity index (χ4n) is 2.44. The molecule has 1 aromatic rings. The molecule has 7 heteroatoms. The van der Waals surface area contributed by atoms with Crippen molar-refractivity contribution in [3.63, 3.8) is 0 Å². The first-order valence-electron chi connectivity index (χ1n) is 7.42. The molecule has 1 aromatic carbocycles. The molecule has 22 heavy (non-hydrogen) atoms. The molecule has 2 aliphatic heterocycles. The highest BCUT2D eigenvalue weighted by Gasteiger charge is 2.18. The molecular weight excluding hydrogens is 308 g/mol. The van der Waals surface area contributed by atoms with Crippen molar-refractivity contribution in [2.24, 2.45) is 0 Å². The minimum absolute atomic E-state index is 0.0912. The van der Waals surface area contributed by atoms with E-state index in [9.17, 15) is 4.79 Å². The van der Waals surface area contributed by atoms with Gasteiger partial charge in [-0.3, -0.25) is 0 Å². The number of hydrogen-bond acceptors (Lipinski definition) is 4. The van der Waals surface area contributed by atoms with Crippen LogP contribution < -0.4 is 14.8 Å². The third-order valence-corrected chi connectivity index (χ3v) is 3.88. The molecule has 0 aromatic heterocycles. The average molecular weight is 327 g/mol. The molecule has 2 amide bonds. The Morgan fingerprint density at radius 1 is 1.18 bits per heavy atom. The third-order valence-electron chi connectivity index (χ3n) is 3.60. The molecule has 6 nitrogen and oxygen atoms in total. The van der Waals surface area contributed by atoms with Crippen LogP contribution in [0.1, 0.15) is 12.0 Å². The molecule has 2 heterocycles. The standard InChI is InChI=1S/C15H19ClN2O4/c16-12-8-11(9-13-14(12)22-5-1-4-21-13)10-17-15(19)18-2-6-20-7-3-18/h8-9H,1-7,10H2,(H,17,19). The highest BCUT2D eigenvalue weighted by Crippen LogP contribution is 2.37. The number of morpholine rings is 1. The summed E-state index contributed by atoms with van der Waals surface area (Å²) in [6.07, 6.45) is 0.827. The number of amides is 2. The van der Waals surface area contributed by atoms with E-state index in [1.807, 2.05) is 6.07 Å². The second-order valence-corrected chi connectivity index (χ2v) is 5.62. The molecule has 0 unspecified atom stereocenters. The number of nitrogens with one attached hydrogen (secondary N) is 1. The summed E-state index contributed by atoms with van der Waals surface area (Å²) in [6, 6.07) is 3.58. The number of ether oxygens (including phenoxy) is 3. The first kappa shape index (κ1) is 15.2. The Bertz CT molecular complexity index is 547. The monoisotopic (exact) mass is 326 g/mol. The Kier molecular flexibility index (Phi) is 4.90. The van der Waals surface area contributed by atoms with E-state index in [1.54, 1.807) is 11.0 Å². The van der Waals surface area contributed by atoms with Crippen molar-refractivity contribution in [3.8, 4) is 11.5 Å². The lowest BCUT2D eigenvalue weighted by Crippen LogP contribution is -2.45. The molecule has 0 aliphatic carbocycles. The van der Waals surface area contributed by atoms with Crippen LogP contribution in [0.3, 0.4) is 0 Å². The number of benzene rings is 1. The summed E-state index contributed by atoms with van der Waals surface area (Å²) in [7, 11) is 0. The molecule has 0 saturated carbocycles. The molecule has 0 radical (unpaired) electrons. The Hall–Kier alpha value is -1.66. The summed E-state index contributed by atoms with van der Waals surface area (Å²) in [6.45, 7) is 4.01. The van der Waals surface area contributed by atoms with Crippen LogP contribution in [0.5, 0.6) is 11.5 Å². The van der Waals surface area contributed by atoms with E-state index < -0.39 is 0 Å². The number of nitrogens with zero attached hydrogens (tertiary/aromatic N) is 1. The maximum atomic E-state index is 12.1. The van der Waals surface area contributed by atoms with Crippen LogP contribution in [0.4, 0.5) is 4.79 Å². The van der Waals surface area contributed by atoms with Crippen molar-refractivity contribution in [1.82, 2.24) is 10.2 Å². The second kappa shape index (κ2) is 7.07. The van der Waals surface area contributed by atoms with E-state index in [4.69, 9.17) is 25.8 Å². The van der Waals surface area contributed by atoms with Gasteiger partial charge in [-0.05, 0) is 17.7 Å². The first-order chi connectivity index (χ1) is 10.7. The van der Waals surface area contributed by atoms with Gasteiger partial charge in [0, 0.05) is 26.1 Å². The van der Waals surface area contributed by atoms with Gasteiger partial charge in [0.2, 0.25) is 0 Å². The normalized spacial score (nSPS) is 17.8. The number of halogens is 1. The van der Waals surface area contributed by atoms with Crippen LogP contribution in [0.15, 0.2) is 12.1 Å². The van der Waals surface area contributed by atoms with Gasteiger partial charge in [-0.2, -0.15) is 0 Å². The summed E-state index contributed by atoms with van der Waals surface area (Å²) in [5.41, 5.74) is 0.885. The van der Waals surface area contributed by atoms with Gasteiger partial charge in [0.15, 0.2) is 11.5 Å². The van der Waals surface area contributed by atoms with E-state index in [2.05, 4.69) is 5.32 Å². The lowest BCUT2D eigenvalue weighted by atomic mass is 10.2. The number of carbonyl (C=O) groups is 1. The molecular formula is C15H19ClN2O4. The highest BCUT2D eigenvalue weighted by atomic mass is 35.5. The minimum Gasteiger partial charge on any atom is -0.489 e. The topological polar surface area (TPSA) is 60.0 Å². The molecule has 1 fully saturated rings.